The zero-order chi connectivity index (χ0) is 28.7. The van der Waals surface area contributed by atoms with Crippen molar-refractivity contribution in [2.45, 2.75) is 38.1 Å². The average molecular weight is 555 g/mol. The van der Waals surface area contributed by atoms with E-state index >= 15 is 0 Å². The predicted octanol–water partition coefficient (Wildman–Crippen LogP) is 4.27. The highest BCUT2D eigenvalue weighted by molar-refractivity contribution is 7.92. The van der Waals surface area contributed by atoms with Crippen molar-refractivity contribution >= 4 is 38.9 Å². The molecule has 0 aliphatic rings. The molecule has 11 nitrogen and oxygen atoms in total. The molecule has 0 aliphatic carbocycles. The first-order valence-corrected chi connectivity index (χ1v) is 13.5. The minimum Gasteiger partial charge on any atom is -0.497 e. The summed E-state index contributed by atoms with van der Waals surface area (Å²) >= 11 is 0. The summed E-state index contributed by atoms with van der Waals surface area (Å²) in [6.45, 7) is 4.61. The topological polar surface area (TPSA) is 148 Å². The normalized spacial score (nSPS) is 11.8. The second-order valence-corrected chi connectivity index (χ2v) is 10.7. The summed E-state index contributed by atoms with van der Waals surface area (Å²) in [5.41, 5.74) is 0.494. The van der Waals surface area contributed by atoms with Crippen molar-refractivity contribution in [2.24, 2.45) is 0 Å². The molecule has 0 saturated heterocycles. The molecule has 0 saturated carbocycles. The number of hydrogen-bond donors (Lipinski definition) is 2. The van der Waals surface area contributed by atoms with Crippen LogP contribution < -0.4 is 19.7 Å². The van der Waals surface area contributed by atoms with Crippen LogP contribution in [-0.4, -0.2) is 44.9 Å². The first-order valence-electron chi connectivity index (χ1n) is 12.1. The highest BCUT2D eigenvalue weighted by Gasteiger charge is 2.30. The predicted molar refractivity (Wildman–Crippen MR) is 148 cm³/mol. The number of nitro groups is 1. The number of methoxy groups -OCH3 is 1. The van der Waals surface area contributed by atoms with Crippen LogP contribution in [-0.2, 0) is 14.8 Å². The van der Waals surface area contributed by atoms with Crippen LogP contribution in [0.4, 0.5) is 17.1 Å². The molecule has 0 spiro atoms. The van der Waals surface area contributed by atoms with Crippen LogP contribution in [0.15, 0.2) is 71.6 Å². The maximum Gasteiger partial charge on any atom is 0.273 e. The number of rotatable bonds is 11. The number of ether oxygens (including phenoxy) is 1. The molecule has 2 amide bonds. The molecule has 3 aromatic carbocycles. The van der Waals surface area contributed by atoms with Gasteiger partial charge in [-0.15, -0.1) is 0 Å². The molecule has 0 unspecified atom stereocenters. The third-order valence-corrected chi connectivity index (χ3v) is 7.82. The monoisotopic (exact) mass is 554 g/mol. The van der Waals surface area contributed by atoms with Crippen LogP contribution in [0, 0.1) is 17.0 Å². The van der Waals surface area contributed by atoms with Gasteiger partial charge in [0.15, 0.2) is 0 Å². The summed E-state index contributed by atoms with van der Waals surface area (Å²) in [4.78, 5) is 36.4. The summed E-state index contributed by atoms with van der Waals surface area (Å²) in [6, 6.07) is 15.8. The third-order valence-electron chi connectivity index (χ3n) is 6.05. The first-order chi connectivity index (χ1) is 18.5. The molecule has 0 heterocycles. The number of carbonyl (C=O) groups is 2. The van der Waals surface area contributed by atoms with Gasteiger partial charge in [0.05, 0.1) is 33.9 Å². The smallest absolute Gasteiger partial charge is 0.273 e. The number of nitrogens with zero attached hydrogens (tertiary/aromatic N) is 2. The molecule has 206 valence electrons. The Morgan fingerprint density at radius 1 is 1.08 bits per heavy atom. The molecule has 1 atom stereocenters. The number of aryl methyl sites for hydroxylation is 1. The molecular formula is C27H30N4O7S. The van der Waals surface area contributed by atoms with Gasteiger partial charge < -0.3 is 15.4 Å². The summed E-state index contributed by atoms with van der Waals surface area (Å²) in [7, 11) is -2.98. The van der Waals surface area contributed by atoms with E-state index in [4.69, 9.17) is 4.74 Å². The van der Waals surface area contributed by atoms with Gasteiger partial charge >= 0.3 is 0 Å². The standard InChI is InChI=1S/C27H30N4O7S/c1-5-19(3)28-27(33)23-8-6-7-9-24(23)29-26(32)17-30(20-11-13-21(38-4)14-12-20)39(36,37)22-15-10-18(2)25(16-22)31(34)35/h6-16,19H,5,17H2,1-4H3,(H,28,33)(H,29,32)/t19-/m1/s1. The summed E-state index contributed by atoms with van der Waals surface area (Å²) < 4.78 is 33.4. The molecule has 3 rings (SSSR count). The minimum atomic E-state index is -4.43. The number of benzene rings is 3. The number of sulfonamides is 1. The van der Waals surface area contributed by atoms with E-state index < -0.39 is 27.4 Å². The number of para-hydroxylation sites is 1. The van der Waals surface area contributed by atoms with E-state index in [-0.39, 0.29) is 39.5 Å². The van der Waals surface area contributed by atoms with Gasteiger partial charge in [0.1, 0.15) is 12.3 Å². The molecular weight excluding hydrogens is 524 g/mol. The lowest BCUT2D eigenvalue weighted by Crippen LogP contribution is -2.38. The second kappa shape index (κ2) is 12.4. The third kappa shape index (κ3) is 6.90. The lowest BCUT2D eigenvalue weighted by molar-refractivity contribution is -0.385. The van der Waals surface area contributed by atoms with Crippen LogP contribution in [0.1, 0.15) is 36.2 Å². The van der Waals surface area contributed by atoms with Gasteiger partial charge in [0.25, 0.3) is 21.6 Å². The summed E-state index contributed by atoms with van der Waals surface area (Å²) in [6.07, 6.45) is 0.714. The van der Waals surface area contributed by atoms with E-state index in [2.05, 4.69) is 10.6 Å². The number of nitrogens with one attached hydrogen (secondary N) is 2. The van der Waals surface area contributed by atoms with Gasteiger partial charge in [-0.25, -0.2) is 8.42 Å². The van der Waals surface area contributed by atoms with E-state index in [1.807, 2.05) is 13.8 Å². The molecule has 0 fully saturated rings. The van der Waals surface area contributed by atoms with Crippen LogP contribution >= 0.6 is 0 Å². The fourth-order valence-electron chi connectivity index (χ4n) is 3.65. The van der Waals surface area contributed by atoms with Crippen molar-refractivity contribution < 1.29 is 27.7 Å². The lowest BCUT2D eigenvalue weighted by atomic mass is 10.1. The Morgan fingerprint density at radius 3 is 2.36 bits per heavy atom. The van der Waals surface area contributed by atoms with Gasteiger partial charge in [-0.1, -0.05) is 25.1 Å². The maximum atomic E-state index is 13.7. The highest BCUT2D eigenvalue weighted by Crippen LogP contribution is 2.29. The Balaban J connectivity index is 1.98. The molecule has 12 heteroatoms. The van der Waals surface area contributed by atoms with E-state index in [1.54, 1.807) is 24.3 Å². The van der Waals surface area contributed by atoms with Crippen molar-refractivity contribution in [1.82, 2.24) is 5.32 Å². The average Bonchev–Trinajstić information content (AvgIpc) is 2.91. The Bertz CT molecular complexity index is 1470. The van der Waals surface area contributed by atoms with Crippen molar-refractivity contribution in [1.29, 1.82) is 0 Å². The Morgan fingerprint density at radius 2 is 1.74 bits per heavy atom. The van der Waals surface area contributed by atoms with Gasteiger partial charge in [0, 0.05) is 17.7 Å². The molecule has 0 bridgehead atoms. The molecule has 0 aliphatic heterocycles. The molecule has 2 N–H and O–H groups in total. The van der Waals surface area contributed by atoms with E-state index in [9.17, 15) is 28.1 Å². The number of hydrogen-bond acceptors (Lipinski definition) is 7. The summed E-state index contributed by atoms with van der Waals surface area (Å²) in [5.74, 6) is -0.639. The van der Waals surface area contributed by atoms with Gasteiger partial charge in [-0.3, -0.25) is 24.0 Å². The zero-order valence-electron chi connectivity index (χ0n) is 22.0. The second-order valence-electron chi connectivity index (χ2n) is 8.79. The summed E-state index contributed by atoms with van der Waals surface area (Å²) in [5, 5.41) is 16.9. The SMILES string of the molecule is CC[C@@H](C)NC(=O)c1ccccc1NC(=O)CN(c1ccc(OC)cc1)S(=O)(=O)c1ccc(C)c([N+](=O)[O-])c1. The van der Waals surface area contributed by atoms with Crippen molar-refractivity contribution in [3.63, 3.8) is 0 Å². The molecule has 0 radical (unpaired) electrons. The number of amides is 2. The number of carbonyl (C=O) groups excluding carboxylic acids is 2. The van der Waals surface area contributed by atoms with Crippen molar-refractivity contribution in [3.8, 4) is 5.75 Å². The van der Waals surface area contributed by atoms with E-state index in [0.29, 0.717) is 17.7 Å². The first kappa shape index (κ1) is 29.1. The Hall–Kier alpha value is -4.45. The quantitative estimate of drug-likeness (QED) is 0.266. The van der Waals surface area contributed by atoms with Crippen molar-refractivity contribution in [2.75, 3.05) is 23.3 Å². The molecule has 3 aromatic rings. The lowest BCUT2D eigenvalue weighted by Gasteiger charge is -2.24. The van der Waals surface area contributed by atoms with E-state index in [0.717, 1.165) is 10.4 Å². The van der Waals surface area contributed by atoms with Gasteiger partial charge in [0.2, 0.25) is 5.91 Å². The Kier molecular flexibility index (Phi) is 9.25. The molecule has 39 heavy (non-hydrogen) atoms. The van der Waals surface area contributed by atoms with Crippen molar-refractivity contribution in [3.05, 3.63) is 88.0 Å². The number of nitro benzene ring substituents is 1. The van der Waals surface area contributed by atoms with Crippen LogP contribution in [0.2, 0.25) is 0 Å². The fraction of sp³-hybridized carbons (Fsp3) is 0.259. The van der Waals surface area contributed by atoms with Gasteiger partial charge in [-0.05, 0) is 62.7 Å². The highest BCUT2D eigenvalue weighted by atomic mass is 32.2. The zero-order valence-corrected chi connectivity index (χ0v) is 22.8. The number of anilines is 2. The largest absolute Gasteiger partial charge is 0.497 e. The maximum absolute atomic E-state index is 13.7. The fourth-order valence-corrected chi connectivity index (χ4v) is 5.09. The Labute approximate surface area is 227 Å². The van der Waals surface area contributed by atoms with Crippen LogP contribution in [0.5, 0.6) is 5.75 Å². The van der Waals surface area contributed by atoms with Crippen LogP contribution in [0.3, 0.4) is 0 Å². The molecule has 0 aromatic heterocycles. The van der Waals surface area contributed by atoms with Gasteiger partial charge in [-0.2, -0.15) is 0 Å². The minimum absolute atomic E-state index is 0.0875. The van der Waals surface area contributed by atoms with E-state index in [1.165, 1.54) is 50.4 Å². The van der Waals surface area contributed by atoms with Crippen LogP contribution in [0.25, 0.3) is 0 Å².